The summed E-state index contributed by atoms with van der Waals surface area (Å²) in [5, 5.41) is 0. The summed E-state index contributed by atoms with van der Waals surface area (Å²) in [7, 11) is 0. The van der Waals surface area contributed by atoms with Crippen LogP contribution in [0, 0.1) is 11.8 Å². The van der Waals surface area contributed by atoms with Gasteiger partial charge in [0.05, 0.1) is 12.2 Å². The standard InChI is InChI=1S/C16H13NO2/c1-2-19-16(18)15-10-14(11-17-12-15)9-8-13-6-4-3-5-7-13/h3-7,10-12H,2H2,1H3. The fraction of sp³-hybridized carbons (Fsp3) is 0.125. The number of hydrogen-bond donors (Lipinski definition) is 0. The predicted molar refractivity (Wildman–Crippen MR) is 72.6 cm³/mol. The first kappa shape index (κ1) is 12.8. The van der Waals surface area contributed by atoms with E-state index in [0.717, 1.165) is 5.56 Å². The van der Waals surface area contributed by atoms with Crippen LogP contribution in [-0.4, -0.2) is 17.6 Å². The van der Waals surface area contributed by atoms with Gasteiger partial charge in [-0.2, -0.15) is 0 Å². The van der Waals surface area contributed by atoms with E-state index in [1.54, 1.807) is 19.2 Å². The second kappa shape index (κ2) is 6.36. The minimum Gasteiger partial charge on any atom is -0.462 e. The van der Waals surface area contributed by atoms with E-state index < -0.39 is 0 Å². The Morgan fingerprint density at radius 2 is 1.89 bits per heavy atom. The molecule has 0 amide bonds. The Morgan fingerprint density at radius 3 is 2.63 bits per heavy atom. The number of nitrogens with zero attached hydrogens (tertiary/aromatic N) is 1. The number of ether oxygens (including phenoxy) is 1. The maximum atomic E-state index is 11.6. The molecule has 19 heavy (non-hydrogen) atoms. The number of pyridine rings is 1. The van der Waals surface area contributed by atoms with E-state index in [1.165, 1.54) is 6.20 Å². The Balaban J connectivity index is 2.21. The molecule has 0 aliphatic carbocycles. The largest absolute Gasteiger partial charge is 0.462 e. The van der Waals surface area contributed by atoms with Gasteiger partial charge in [-0.25, -0.2) is 4.79 Å². The molecule has 0 saturated carbocycles. The lowest BCUT2D eigenvalue weighted by Crippen LogP contribution is -2.05. The SMILES string of the molecule is CCOC(=O)c1cncc(C#Cc2ccccc2)c1. The van der Waals surface area contributed by atoms with Crippen LogP contribution in [0.15, 0.2) is 48.8 Å². The minimum absolute atomic E-state index is 0.346. The van der Waals surface area contributed by atoms with Gasteiger partial charge in [0.25, 0.3) is 0 Å². The summed E-state index contributed by atoms with van der Waals surface area (Å²) in [6.07, 6.45) is 3.10. The minimum atomic E-state index is -0.377. The van der Waals surface area contributed by atoms with Gasteiger partial charge in [-0.1, -0.05) is 30.0 Å². The van der Waals surface area contributed by atoms with Crippen molar-refractivity contribution in [1.82, 2.24) is 4.98 Å². The van der Waals surface area contributed by atoms with Crippen molar-refractivity contribution in [3.8, 4) is 11.8 Å². The van der Waals surface area contributed by atoms with Gasteiger partial charge in [0.1, 0.15) is 0 Å². The highest BCUT2D eigenvalue weighted by atomic mass is 16.5. The van der Waals surface area contributed by atoms with Gasteiger partial charge in [-0.15, -0.1) is 0 Å². The van der Waals surface area contributed by atoms with Gasteiger partial charge in [-0.05, 0) is 25.1 Å². The molecule has 0 saturated heterocycles. The molecule has 0 spiro atoms. The number of carbonyl (C=O) groups is 1. The maximum Gasteiger partial charge on any atom is 0.339 e. The molecule has 0 bridgehead atoms. The van der Waals surface area contributed by atoms with Crippen molar-refractivity contribution < 1.29 is 9.53 Å². The van der Waals surface area contributed by atoms with Gasteiger partial charge < -0.3 is 4.74 Å². The van der Waals surface area contributed by atoms with Gasteiger partial charge >= 0.3 is 5.97 Å². The van der Waals surface area contributed by atoms with Crippen molar-refractivity contribution >= 4 is 5.97 Å². The monoisotopic (exact) mass is 251 g/mol. The molecule has 0 aliphatic rings. The van der Waals surface area contributed by atoms with Crippen molar-refractivity contribution in [2.45, 2.75) is 6.92 Å². The molecular formula is C16H13NO2. The molecule has 2 rings (SSSR count). The lowest BCUT2D eigenvalue weighted by atomic mass is 10.2. The normalized spacial score (nSPS) is 9.32. The van der Waals surface area contributed by atoms with Crippen molar-refractivity contribution in [2.24, 2.45) is 0 Å². The third kappa shape index (κ3) is 3.68. The third-order valence-corrected chi connectivity index (χ3v) is 2.37. The number of aromatic nitrogens is 1. The molecule has 0 radical (unpaired) electrons. The van der Waals surface area contributed by atoms with Crippen molar-refractivity contribution in [1.29, 1.82) is 0 Å². The first-order valence-corrected chi connectivity index (χ1v) is 5.99. The lowest BCUT2D eigenvalue weighted by Gasteiger charge is -2.00. The van der Waals surface area contributed by atoms with Gasteiger partial charge in [0.15, 0.2) is 0 Å². The van der Waals surface area contributed by atoms with E-state index >= 15 is 0 Å². The Morgan fingerprint density at radius 1 is 1.16 bits per heavy atom. The smallest absolute Gasteiger partial charge is 0.339 e. The summed E-state index contributed by atoms with van der Waals surface area (Å²) in [6, 6.07) is 11.3. The summed E-state index contributed by atoms with van der Waals surface area (Å²) in [4.78, 5) is 15.6. The molecule has 0 N–H and O–H groups in total. The van der Waals surface area contributed by atoms with Gasteiger partial charge in [0, 0.05) is 23.5 Å². The van der Waals surface area contributed by atoms with Crippen LogP contribution in [0.25, 0.3) is 0 Å². The average molecular weight is 251 g/mol. The second-order valence-electron chi connectivity index (χ2n) is 3.80. The van der Waals surface area contributed by atoms with E-state index in [2.05, 4.69) is 16.8 Å². The molecule has 2 aromatic rings. The van der Waals surface area contributed by atoms with Gasteiger partial charge in [0.2, 0.25) is 0 Å². The Kier molecular flexibility index (Phi) is 4.30. The van der Waals surface area contributed by atoms with Crippen molar-refractivity contribution in [3.63, 3.8) is 0 Å². The van der Waals surface area contributed by atoms with Crippen LogP contribution in [0.3, 0.4) is 0 Å². The summed E-state index contributed by atoms with van der Waals surface area (Å²) >= 11 is 0. The van der Waals surface area contributed by atoms with Crippen LogP contribution in [0.2, 0.25) is 0 Å². The molecule has 0 atom stereocenters. The van der Waals surface area contributed by atoms with E-state index in [-0.39, 0.29) is 5.97 Å². The van der Waals surface area contributed by atoms with Crippen molar-refractivity contribution in [2.75, 3.05) is 6.61 Å². The zero-order chi connectivity index (χ0) is 13.5. The number of rotatable bonds is 2. The molecule has 0 unspecified atom stereocenters. The van der Waals surface area contributed by atoms with E-state index in [1.807, 2.05) is 30.3 Å². The van der Waals surface area contributed by atoms with Crippen LogP contribution in [0.5, 0.6) is 0 Å². The number of carbonyl (C=O) groups excluding carboxylic acids is 1. The molecule has 1 heterocycles. The van der Waals surface area contributed by atoms with Crippen LogP contribution in [0.1, 0.15) is 28.4 Å². The van der Waals surface area contributed by atoms with Crippen LogP contribution >= 0.6 is 0 Å². The zero-order valence-electron chi connectivity index (χ0n) is 10.6. The Bertz CT molecular complexity index is 624. The van der Waals surface area contributed by atoms with E-state index in [0.29, 0.717) is 17.7 Å². The number of esters is 1. The van der Waals surface area contributed by atoms with E-state index in [4.69, 9.17) is 4.74 Å². The fourth-order valence-electron chi connectivity index (χ4n) is 1.50. The molecule has 0 fully saturated rings. The fourth-order valence-corrected chi connectivity index (χ4v) is 1.50. The van der Waals surface area contributed by atoms with Crippen molar-refractivity contribution in [3.05, 3.63) is 65.5 Å². The highest BCUT2D eigenvalue weighted by Crippen LogP contribution is 2.04. The average Bonchev–Trinajstić information content (AvgIpc) is 2.47. The summed E-state index contributed by atoms with van der Waals surface area (Å²) in [5.41, 5.74) is 2.03. The molecule has 94 valence electrons. The number of benzene rings is 1. The topological polar surface area (TPSA) is 39.2 Å². The van der Waals surface area contributed by atoms with Gasteiger partial charge in [-0.3, -0.25) is 4.98 Å². The summed E-state index contributed by atoms with van der Waals surface area (Å²) in [6.45, 7) is 2.11. The quantitative estimate of drug-likeness (QED) is 0.608. The third-order valence-electron chi connectivity index (χ3n) is 2.37. The lowest BCUT2D eigenvalue weighted by molar-refractivity contribution is 0.0526. The Labute approximate surface area is 112 Å². The summed E-state index contributed by atoms with van der Waals surface area (Å²) < 4.78 is 4.92. The highest BCUT2D eigenvalue weighted by molar-refractivity contribution is 5.89. The Hall–Kier alpha value is -2.60. The first-order chi connectivity index (χ1) is 9.29. The summed E-state index contributed by atoms with van der Waals surface area (Å²) in [5.74, 6) is 5.62. The molecule has 3 nitrogen and oxygen atoms in total. The predicted octanol–water partition coefficient (Wildman–Crippen LogP) is 2.66. The molecule has 1 aromatic carbocycles. The molecule has 0 aliphatic heterocycles. The first-order valence-electron chi connectivity index (χ1n) is 5.99. The van der Waals surface area contributed by atoms with E-state index in [9.17, 15) is 4.79 Å². The highest BCUT2D eigenvalue weighted by Gasteiger charge is 2.06. The van der Waals surface area contributed by atoms with Crippen LogP contribution < -0.4 is 0 Å². The second-order valence-corrected chi connectivity index (χ2v) is 3.80. The maximum absolute atomic E-state index is 11.6. The van der Waals surface area contributed by atoms with Crippen LogP contribution in [-0.2, 0) is 4.74 Å². The number of hydrogen-bond acceptors (Lipinski definition) is 3. The zero-order valence-corrected chi connectivity index (χ0v) is 10.6. The molecule has 1 aromatic heterocycles. The van der Waals surface area contributed by atoms with Crippen LogP contribution in [0.4, 0.5) is 0 Å². The molecular weight excluding hydrogens is 238 g/mol. The molecule has 3 heteroatoms.